The van der Waals surface area contributed by atoms with Gasteiger partial charge in [0.2, 0.25) is 0 Å². The smallest absolute Gasteiger partial charge is 0.258 e. The summed E-state index contributed by atoms with van der Waals surface area (Å²) in [6, 6.07) is 29.2. The van der Waals surface area contributed by atoms with Crippen molar-refractivity contribution in [1.29, 1.82) is 0 Å². The normalized spacial score (nSPS) is 11.2. The van der Waals surface area contributed by atoms with Crippen LogP contribution in [0.1, 0.15) is 22.3 Å². The van der Waals surface area contributed by atoms with Crippen molar-refractivity contribution in [2.45, 2.75) is 0 Å². The SMILES string of the molecule is O=[N+]([O-])c1ccc(C=Cc2ccc(-c3ccc(C=Cc4ccc([N+](=O)[O-])cc4)cc3)cc2)cc1. The zero-order chi connectivity index (χ0) is 23.9. The fraction of sp³-hybridized carbons (Fsp3) is 0. The molecule has 0 saturated carbocycles. The van der Waals surface area contributed by atoms with Crippen LogP contribution in [-0.4, -0.2) is 9.85 Å². The van der Waals surface area contributed by atoms with E-state index in [4.69, 9.17) is 0 Å². The molecule has 166 valence electrons. The molecule has 0 unspecified atom stereocenters. The molecule has 34 heavy (non-hydrogen) atoms. The Hall–Kier alpha value is -4.84. The van der Waals surface area contributed by atoms with Crippen LogP contribution in [-0.2, 0) is 0 Å². The lowest BCUT2D eigenvalue weighted by Gasteiger charge is -2.03. The van der Waals surface area contributed by atoms with E-state index in [2.05, 4.69) is 24.3 Å². The van der Waals surface area contributed by atoms with Gasteiger partial charge in [-0.25, -0.2) is 0 Å². The molecule has 0 radical (unpaired) electrons. The number of nitro groups is 2. The quantitative estimate of drug-likeness (QED) is 0.166. The first-order valence-electron chi connectivity index (χ1n) is 10.5. The first-order chi connectivity index (χ1) is 16.5. The van der Waals surface area contributed by atoms with Crippen LogP contribution in [0.2, 0.25) is 0 Å². The van der Waals surface area contributed by atoms with Gasteiger partial charge in [0.05, 0.1) is 9.85 Å². The molecule has 6 heteroatoms. The standard InChI is InChI=1S/C28H20N2O4/c31-29(32)27-17-9-23(10-18-27)3-1-21-5-13-25(14-6-21)26-15-7-22(8-16-26)2-4-24-11-19-28(20-12-24)30(33)34/h1-20H. The highest BCUT2D eigenvalue weighted by Crippen LogP contribution is 2.22. The van der Waals surface area contributed by atoms with Crippen LogP contribution >= 0.6 is 0 Å². The Bertz CT molecular complexity index is 1250. The van der Waals surface area contributed by atoms with Crippen molar-refractivity contribution in [3.05, 3.63) is 140 Å². The number of hydrogen-bond donors (Lipinski definition) is 0. The minimum absolute atomic E-state index is 0.0781. The van der Waals surface area contributed by atoms with Gasteiger partial charge in [0, 0.05) is 24.3 Å². The van der Waals surface area contributed by atoms with Gasteiger partial charge in [-0.15, -0.1) is 0 Å². The first kappa shape index (κ1) is 22.4. The van der Waals surface area contributed by atoms with Gasteiger partial charge in [0.15, 0.2) is 0 Å². The third kappa shape index (κ3) is 5.69. The molecular weight excluding hydrogens is 428 g/mol. The molecule has 0 spiro atoms. The van der Waals surface area contributed by atoms with Gasteiger partial charge in [-0.1, -0.05) is 72.8 Å². The molecule has 4 aromatic rings. The molecule has 0 aromatic heterocycles. The fourth-order valence-electron chi connectivity index (χ4n) is 3.37. The van der Waals surface area contributed by atoms with E-state index in [1.54, 1.807) is 24.3 Å². The molecule has 0 aliphatic heterocycles. The maximum Gasteiger partial charge on any atom is 0.269 e. The number of rotatable bonds is 7. The van der Waals surface area contributed by atoms with E-state index in [1.807, 2.05) is 48.6 Å². The Morgan fingerprint density at radius 2 is 0.647 bits per heavy atom. The molecule has 6 nitrogen and oxygen atoms in total. The molecular formula is C28H20N2O4. The van der Waals surface area contributed by atoms with Crippen molar-refractivity contribution < 1.29 is 9.85 Å². The van der Waals surface area contributed by atoms with Gasteiger partial charge in [0.1, 0.15) is 0 Å². The van der Waals surface area contributed by atoms with Crippen LogP contribution in [0.3, 0.4) is 0 Å². The largest absolute Gasteiger partial charge is 0.269 e. The maximum atomic E-state index is 10.7. The molecule has 4 rings (SSSR count). The Morgan fingerprint density at radius 3 is 0.882 bits per heavy atom. The highest BCUT2D eigenvalue weighted by molar-refractivity contribution is 5.74. The van der Waals surface area contributed by atoms with Crippen molar-refractivity contribution in [3.8, 4) is 11.1 Å². The van der Waals surface area contributed by atoms with E-state index in [0.717, 1.165) is 33.4 Å². The number of nitrogens with zero attached hydrogens (tertiary/aromatic N) is 2. The summed E-state index contributed by atoms with van der Waals surface area (Å²) in [5.74, 6) is 0. The summed E-state index contributed by atoms with van der Waals surface area (Å²) in [5, 5.41) is 21.5. The second kappa shape index (κ2) is 10.2. The van der Waals surface area contributed by atoms with Crippen LogP contribution in [0.4, 0.5) is 11.4 Å². The monoisotopic (exact) mass is 448 g/mol. The minimum atomic E-state index is -0.409. The Morgan fingerprint density at radius 1 is 0.412 bits per heavy atom. The minimum Gasteiger partial charge on any atom is -0.258 e. The molecule has 0 heterocycles. The second-order valence-corrected chi connectivity index (χ2v) is 7.61. The molecule has 0 aliphatic rings. The van der Waals surface area contributed by atoms with Crippen molar-refractivity contribution in [2.24, 2.45) is 0 Å². The number of benzene rings is 4. The Kier molecular flexibility index (Phi) is 6.70. The molecule has 0 atom stereocenters. The fourth-order valence-corrected chi connectivity index (χ4v) is 3.37. The van der Waals surface area contributed by atoms with E-state index in [-0.39, 0.29) is 11.4 Å². The summed E-state index contributed by atoms with van der Waals surface area (Å²) in [4.78, 5) is 20.7. The second-order valence-electron chi connectivity index (χ2n) is 7.61. The highest BCUT2D eigenvalue weighted by atomic mass is 16.6. The van der Waals surface area contributed by atoms with Gasteiger partial charge in [-0.2, -0.15) is 0 Å². The average molecular weight is 448 g/mol. The summed E-state index contributed by atoms with van der Waals surface area (Å²) >= 11 is 0. The lowest BCUT2D eigenvalue weighted by molar-refractivity contribution is -0.385. The van der Waals surface area contributed by atoms with Crippen LogP contribution in [0.5, 0.6) is 0 Å². The van der Waals surface area contributed by atoms with Gasteiger partial charge >= 0.3 is 0 Å². The van der Waals surface area contributed by atoms with Crippen molar-refractivity contribution in [3.63, 3.8) is 0 Å². The topological polar surface area (TPSA) is 86.3 Å². The van der Waals surface area contributed by atoms with Crippen LogP contribution < -0.4 is 0 Å². The highest BCUT2D eigenvalue weighted by Gasteiger charge is 2.03. The number of non-ortho nitro benzene ring substituents is 2. The van der Waals surface area contributed by atoms with Gasteiger partial charge in [-0.05, 0) is 57.6 Å². The third-order valence-electron chi connectivity index (χ3n) is 5.30. The van der Waals surface area contributed by atoms with Crippen molar-refractivity contribution in [1.82, 2.24) is 0 Å². The zero-order valence-electron chi connectivity index (χ0n) is 18.1. The third-order valence-corrected chi connectivity index (χ3v) is 5.30. The van der Waals surface area contributed by atoms with E-state index < -0.39 is 9.85 Å². The molecule has 0 saturated heterocycles. The molecule has 0 N–H and O–H groups in total. The molecule has 4 aromatic carbocycles. The number of nitro benzene ring substituents is 2. The molecule has 0 bridgehead atoms. The lowest BCUT2D eigenvalue weighted by atomic mass is 10.0. The summed E-state index contributed by atoms with van der Waals surface area (Å²) in [5.41, 5.74) is 6.20. The van der Waals surface area contributed by atoms with Crippen molar-refractivity contribution >= 4 is 35.7 Å². The van der Waals surface area contributed by atoms with Crippen LogP contribution in [0.25, 0.3) is 35.4 Å². The molecule has 0 fully saturated rings. The van der Waals surface area contributed by atoms with Gasteiger partial charge in [-0.3, -0.25) is 20.2 Å². The summed E-state index contributed by atoms with van der Waals surface area (Å²) in [7, 11) is 0. The summed E-state index contributed by atoms with van der Waals surface area (Å²) < 4.78 is 0. The zero-order valence-corrected chi connectivity index (χ0v) is 18.1. The lowest BCUT2D eigenvalue weighted by Crippen LogP contribution is -1.86. The van der Waals surface area contributed by atoms with Crippen molar-refractivity contribution in [2.75, 3.05) is 0 Å². The first-order valence-corrected chi connectivity index (χ1v) is 10.5. The predicted octanol–water partition coefficient (Wildman–Crippen LogP) is 7.51. The molecule has 0 amide bonds. The van der Waals surface area contributed by atoms with E-state index >= 15 is 0 Å². The van der Waals surface area contributed by atoms with Crippen LogP contribution in [0, 0.1) is 20.2 Å². The van der Waals surface area contributed by atoms with E-state index in [9.17, 15) is 20.2 Å². The maximum absolute atomic E-state index is 10.7. The number of hydrogen-bond acceptors (Lipinski definition) is 4. The van der Waals surface area contributed by atoms with E-state index in [1.165, 1.54) is 24.3 Å². The predicted molar refractivity (Wildman–Crippen MR) is 136 cm³/mol. The summed E-state index contributed by atoms with van der Waals surface area (Å²) in [6.45, 7) is 0. The average Bonchev–Trinajstić information content (AvgIpc) is 2.87. The Labute approximate surface area is 196 Å². The summed E-state index contributed by atoms with van der Waals surface area (Å²) in [6.07, 6.45) is 7.78. The Balaban J connectivity index is 1.39. The molecule has 0 aliphatic carbocycles. The van der Waals surface area contributed by atoms with Gasteiger partial charge < -0.3 is 0 Å². The van der Waals surface area contributed by atoms with Crippen LogP contribution in [0.15, 0.2) is 97.1 Å². The van der Waals surface area contributed by atoms with E-state index in [0.29, 0.717) is 0 Å². The van der Waals surface area contributed by atoms with Gasteiger partial charge in [0.25, 0.3) is 11.4 Å².